The van der Waals surface area contributed by atoms with Gasteiger partial charge in [0.1, 0.15) is 11.2 Å². The summed E-state index contributed by atoms with van der Waals surface area (Å²) < 4.78 is 11.3. The number of hydrogen-bond acceptors (Lipinski definition) is 3. The molecule has 0 fully saturated rings. The van der Waals surface area contributed by atoms with Crippen LogP contribution in [0.15, 0.2) is 126 Å². The smallest absolute Gasteiger partial charge is 0.135 e. The average Bonchev–Trinajstić information content (AvgIpc) is 3.67. The summed E-state index contributed by atoms with van der Waals surface area (Å²) in [6.07, 6.45) is 0. The number of rotatable bonds is 1. The molecule has 1 aliphatic rings. The monoisotopic (exact) mass is 528 g/mol. The van der Waals surface area contributed by atoms with Crippen LogP contribution in [-0.4, -0.2) is 4.57 Å². The summed E-state index contributed by atoms with van der Waals surface area (Å²) in [5.74, 6) is 0. The van der Waals surface area contributed by atoms with E-state index < -0.39 is 0 Å². The molecule has 0 radical (unpaired) electrons. The summed E-state index contributed by atoms with van der Waals surface area (Å²) in [4.78, 5) is 2.42. The summed E-state index contributed by atoms with van der Waals surface area (Å²) in [5.41, 5.74) is 9.06. The van der Waals surface area contributed by atoms with Crippen molar-refractivity contribution in [1.82, 2.24) is 4.57 Å². The van der Waals surface area contributed by atoms with Gasteiger partial charge in [-0.05, 0) is 48.5 Å². The Kier molecular flexibility index (Phi) is 3.81. The fraction of sp³-hybridized carbons (Fsp3) is 0. The van der Waals surface area contributed by atoms with Crippen LogP contribution in [0.5, 0.6) is 0 Å². The van der Waals surface area contributed by atoms with Crippen LogP contribution in [0.4, 0.5) is 17.1 Å². The fourth-order valence-corrected chi connectivity index (χ4v) is 8.07. The molecule has 1 aliphatic heterocycles. The molecule has 10 rings (SSSR count). The Morgan fingerprint density at radius 2 is 1.18 bits per heavy atom. The Labute approximate surface area is 232 Å². The molecule has 0 atom stereocenters. The Morgan fingerprint density at radius 1 is 0.475 bits per heavy atom. The summed E-state index contributed by atoms with van der Waals surface area (Å²) in [6, 6.07) is 43.8. The number of benzene rings is 6. The average molecular weight is 529 g/mol. The Bertz CT molecular complexity index is 2510. The van der Waals surface area contributed by atoms with Crippen molar-refractivity contribution < 1.29 is 4.42 Å². The van der Waals surface area contributed by atoms with Crippen molar-refractivity contribution in [2.24, 2.45) is 0 Å². The van der Waals surface area contributed by atoms with Gasteiger partial charge in [-0.3, -0.25) is 0 Å². The van der Waals surface area contributed by atoms with Crippen molar-refractivity contribution in [1.29, 1.82) is 0 Å². The first kappa shape index (κ1) is 20.8. The van der Waals surface area contributed by atoms with Gasteiger partial charge in [-0.25, -0.2) is 0 Å². The molecule has 0 bridgehead atoms. The quantitative estimate of drug-likeness (QED) is 0.211. The van der Waals surface area contributed by atoms with Gasteiger partial charge in [0.05, 0.1) is 32.8 Å². The molecule has 9 aromatic rings. The van der Waals surface area contributed by atoms with E-state index in [2.05, 4.69) is 119 Å². The molecule has 0 saturated heterocycles. The molecule has 0 saturated carbocycles. The van der Waals surface area contributed by atoms with E-state index in [-0.39, 0.29) is 0 Å². The molecule has 0 N–H and O–H groups in total. The minimum Gasteiger partial charge on any atom is -0.456 e. The number of furan rings is 1. The van der Waals surface area contributed by atoms with Crippen LogP contribution in [0.3, 0.4) is 0 Å². The second kappa shape index (κ2) is 7.32. The molecule has 3 aromatic heterocycles. The molecule has 6 aromatic carbocycles. The molecule has 4 heterocycles. The topological polar surface area (TPSA) is 21.3 Å². The van der Waals surface area contributed by atoms with Crippen LogP contribution in [0.2, 0.25) is 0 Å². The maximum atomic E-state index is 6.16. The van der Waals surface area contributed by atoms with Gasteiger partial charge in [0.25, 0.3) is 0 Å². The molecule has 4 heteroatoms. The van der Waals surface area contributed by atoms with Crippen LogP contribution in [0.25, 0.3) is 69.6 Å². The van der Waals surface area contributed by atoms with E-state index in [9.17, 15) is 0 Å². The summed E-state index contributed by atoms with van der Waals surface area (Å²) >= 11 is 1.90. The Hall–Kier alpha value is -5.06. The van der Waals surface area contributed by atoms with Gasteiger partial charge in [-0.1, -0.05) is 72.8 Å². The van der Waals surface area contributed by atoms with Gasteiger partial charge >= 0.3 is 0 Å². The first-order valence-corrected chi connectivity index (χ1v) is 14.3. The summed E-state index contributed by atoms with van der Waals surface area (Å²) in [7, 11) is 0. The van der Waals surface area contributed by atoms with Crippen molar-refractivity contribution in [3.8, 4) is 5.69 Å². The van der Waals surface area contributed by atoms with E-state index in [1.807, 2.05) is 23.5 Å². The van der Waals surface area contributed by atoms with Crippen LogP contribution in [0.1, 0.15) is 0 Å². The van der Waals surface area contributed by atoms with Gasteiger partial charge < -0.3 is 13.9 Å². The number of fused-ring (bicyclic) bond motifs is 12. The lowest BCUT2D eigenvalue weighted by molar-refractivity contribution is 0.669. The van der Waals surface area contributed by atoms with Gasteiger partial charge in [0.2, 0.25) is 0 Å². The van der Waals surface area contributed by atoms with Crippen molar-refractivity contribution in [2.75, 3.05) is 4.90 Å². The van der Waals surface area contributed by atoms with Gasteiger partial charge in [0.15, 0.2) is 0 Å². The van der Waals surface area contributed by atoms with Crippen molar-refractivity contribution in [3.05, 3.63) is 121 Å². The Morgan fingerprint density at radius 3 is 2.12 bits per heavy atom. The van der Waals surface area contributed by atoms with Crippen LogP contribution < -0.4 is 4.90 Å². The summed E-state index contributed by atoms with van der Waals surface area (Å²) in [5, 5.41) is 7.50. The number of nitrogens with zero attached hydrogens (tertiary/aromatic N) is 2. The standard InChI is InChI=1S/C36H20N2OS/c1-5-14-31-22(8-1)27-20-21(16-19-32(27)39-31)37-28-11-3-4-12-29(28)38-34-24(10-7-13-30(34)37)25-17-18-26-23-9-2-6-15-33(23)40-36(26)35(25)38/h1-20H. The third-order valence-electron chi connectivity index (χ3n) is 8.50. The minimum absolute atomic E-state index is 0.912. The highest BCUT2D eigenvalue weighted by atomic mass is 32.1. The maximum absolute atomic E-state index is 6.16. The van der Waals surface area contributed by atoms with Gasteiger partial charge in [0, 0.05) is 42.7 Å². The zero-order chi connectivity index (χ0) is 25.9. The zero-order valence-electron chi connectivity index (χ0n) is 21.3. The molecule has 186 valence electrons. The molecule has 0 spiro atoms. The Balaban J connectivity index is 1.35. The lowest BCUT2D eigenvalue weighted by atomic mass is 10.1. The van der Waals surface area contributed by atoms with Crippen molar-refractivity contribution >= 4 is 92.3 Å². The third kappa shape index (κ3) is 2.50. The predicted octanol–water partition coefficient (Wildman–Crippen LogP) is 10.8. The highest BCUT2D eigenvalue weighted by Gasteiger charge is 2.29. The molecule has 0 amide bonds. The molecule has 40 heavy (non-hydrogen) atoms. The second-order valence-corrected chi connectivity index (χ2v) is 11.6. The van der Waals surface area contributed by atoms with Crippen molar-refractivity contribution in [2.45, 2.75) is 0 Å². The van der Waals surface area contributed by atoms with Gasteiger partial charge in [-0.2, -0.15) is 0 Å². The van der Waals surface area contributed by atoms with E-state index >= 15 is 0 Å². The molecular weight excluding hydrogens is 508 g/mol. The minimum atomic E-state index is 0.912. The lowest BCUT2D eigenvalue weighted by Crippen LogP contribution is -2.18. The SMILES string of the molecule is c1ccc2c(c1)N(c1ccc3oc4ccccc4c3c1)c1cccc3c4ccc5c6ccccc6sc5c4n-2c13. The maximum Gasteiger partial charge on any atom is 0.135 e. The molecular formula is C36H20N2OS. The van der Waals surface area contributed by atoms with E-state index in [4.69, 9.17) is 4.42 Å². The third-order valence-corrected chi connectivity index (χ3v) is 9.69. The zero-order valence-corrected chi connectivity index (χ0v) is 22.1. The number of anilines is 3. The highest BCUT2D eigenvalue weighted by molar-refractivity contribution is 7.26. The van der Waals surface area contributed by atoms with Crippen LogP contribution in [-0.2, 0) is 0 Å². The highest BCUT2D eigenvalue weighted by Crippen LogP contribution is 2.52. The second-order valence-electron chi connectivity index (χ2n) is 10.5. The lowest BCUT2D eigenvalue weighted by Gasteiger charge is -2.33. The largest absolute Gasteiger partial charge is 0.456 e. The normalized spacial score (nSPS) is 12.9. The van der Waals surface area contributed by atoms with Crippen LogP contribution >= 0.6 is 11.3 Å². The first-order valence-electron chi connectivity index (χ1n) is 13.5. The summed E-state index contributed by atoms with van der Waals surface area (Å²) in [6.45, 7) is 0. The van der Waals surface area contributed by atoms with E-state index in [0.29, 0.717) is 0 Å². The molecule has 0 aliphatic carbocycles. The number of para-hydroxylation sites is 4. The van der Waals surface area contributed by atoms with E-state index in [0.717, 1.165) is 27.6 Å². The molecule has 0 unspecified atom stereocenters. The first-order chi connectivity index (χ1) is 19.8. The fourth-order valence-electron chi connectivity index (χ4n) is 6.83. The molecule has 3 nitrogen and oxygen atoms in total. The van der Waals surface area contributed by atoms with E-state index in [1.54, 1.807) is 0 Å². The number of aromatic nitrogens is 1. The number of hydrogen-bond donors (Lipinski definition) is 0. The van der Waals surface area contributed by atoms with E-state index in [1.165, 1.54) is 59.0 Å². The van der Waals surface area contributed by atoms with Gasteiger partial charge in [-0.15, -0.1) is 11.3 Å². The van der Waals surface area contributed by atoms with Crippen molar-refractivity contribution in [3.63, 3.8) is 0 Å². The number of thiophene rings is 1. The van der Waals surface area contributed by atoms with Crippen LogP contribution in [0, 0.1) is 0 Å². The predicted molar refractivity (Wildman–Crippen MR) is 169 cm³/mol.